The first-order chi connectivity index (χ1) is 42.3. The van der Waals surface area contributed by atoms with Gasteiger partial charge in [-0.05, 0) is 101 Å². The highest BCUT2D eigenvalue weighted by Gasteiger charge is 2.46. The summed E-state index contributed by atoms with van der Waals surface area (Å²) in [5, 5.41) is 23.1. The fraction of sp³-hybridized carbons (Fsp3) is 0.716. The maximum Gasteiger partial charge on any atom is 0.246 e. The molecule has 0 radical (unpaired) electrons. The smallest absolute Gasteiger partial charge is 0.246 e. The maximum atomic E-state index is 15.2. The Bertz CT molecular complexity index is 2650. The number of hydrogen-bond acceptors (Lipinski definition) is 13. The number of nitrogens with one attached hydrogen (secondary N) is 4. The van der Waals surface area contributed by atoms with Crippen molar-refractivity contribution in [3.05, 3.63) is 48.0 Å². The molecule has 1 aliphatic rings. The average Bonchev–Trinajstić information content (AvgIpc) is 2.39. The summed E-state index contributed by atoms with van der Waals surface area (Å²) >= 11 is 0. The molecule has 91 heavy (non-hydrogen) atoms. The number of aliphatic hydroxyl groups is 1. The second-order valence-electron chi connectivity index (χ2n) is 26.9. The molecule has 0 saturated carbocycles. The predicted molar refractivity (Wildman–Crippen MR) is 350 cm³/mol. The molecule has 0 bridgehead atoms. The number of ether oxygens (including phenoxy) is 1. The van der Waals surface area contributed by atoms with Gasteiger partial charge >= 0.3 is 0 Å². The number of carbonyl (C=O) groups excluding carboxylic acids is 11. The molecule has 0 aliphatic carbocycles. The third kappa shape index (κ3) is 22.4. The zero-order valence-electron chi connectivity index (χ0n) is 58.9. The molecule has 5 N–H and O–H groups in total. The van der Waals surface area contributed by atoms with E-state index in [1.54, 1.807) is 67.5 Å². The normalized spacial score (nSPS) is 26.2. The lowest BCUT2D eigenvalue weighted by Gasteiger charge is -2.41. The summed E-state index contributed by atoms with van der Waals surface area (Å²) in [4.78, 5) is 170. The van der Waals surface area contributed by atoms with Gasteiger partial charge in [0.05, 0.1) is 25.4 Å². The van der Waals surface area contributed by atoms with Crippen molar-refractivity contribution in [3.8, 4) is 0 Å². The third-order valence-electron chi connectivity index (χ3n) is 17.1. The van der Waals surface area contributed by atoms with E-state index in [-0.39, 0.29) is 50.0 Å². The molecule has 2 rings (SSSR count). The van der Waals surface area contributed by atoms with Gasteiger partial charge in [-0.2, -0.15) is 0 Å². The molecular weight excluding hydrogens is 1170 g/mol. The van der Waals surface area contributed by atoms with E-state index < -0.39 is 162 Å². The molecule has 24 nitrogen and oxygen atoms in total. The van der Waals surface area contributed by atoms with Gasteiger partial charge in [0.1, 0.15) is 60.4 Å². The van der Waals surface area contributed by atoms with Crippen LogP contribution in [0.3, 0.4) is 0 Å². The van der Waals surface area contributed by atoms with E-state index in [9.17, 15) is 43.5 Å². The Morgan fingerprint density at radius 3 is 1.48 bits per heavy atom. The Balaban J connectivity index is 3.02. The molecule has 1 aromatic rings. The van der Waals surface area contributed by atoms with Crippen LogP contribution in [0, 0.1) is 35.5 Å². The minimum absolute atomic E-state index is 0.00787. The third-order valence-corrected chi connectivity index (χ3v) is 17.1. The van der Waals surface area contributed by atoms with E-state index >= 15 is 14.4 Å². The number of likely N-dealkylation sites (N-methyl/N-ethyl adjacent to an activating group) is 7. The fourth-order valence-electron chi connectivity index (χ4n) is 11.4. The molecule has 11 amide bonds. The van der Waals surface area contributed by atoms with Gasteiger partial charge in [0.15, 0.2) is 0 Å². The van der Waals surface area contributed by atoms with Crippen LogP contribution in [0.4, 0.5) is 0 Å². The number of nitrogens with zero attached hydrogens (tertiary/aromatic N) is 7. The summed E-state index contributed by atoms with van der Waals surface area (Å²) in [5.74, 6) is -10.1. The zero-order valence-corrected chi connectivity index (χ0v) is 58.9. The number of amides is 11. The van der Waals surface area contributed by atoms with Crippen LogP contribution in [0.15, 0.2) is 42.5 Å². The van der Waals surface area contributed by atoms with E-state index in [1.165, 1.54) is 82.8 Å². The number of allylic oxidation sites excluding steroid dienone is 2. The van der Waals surface area contributed by atoms with Crippen molar-refractivity contribution in [2.45, 2.75) is 222 Å². The van der Waals surface area contributed by atoms with Crippen molar-refractivity contribution in [1.29, 1.82) is 0 Å². The average molecular weight is 1280 g/mol. The molecular formula is C67H113N11O13. The molecule has 0 aromatic heterocycles. The minimum Gasteiger partial charge on any atom is -0.390 e. The molecule has 13 atom stereocenters. The maximum absolute atomic E-state index is 15.2. The summed E-state index contributed by atoms with van der Waals surface area (Å²) in [7, 11) is 9.80. The Hall–Kier alpha value is -6.95. The van der Waals surface area contributed by atoms with Gasteiger partial charge in [-0.1, -0.05) is 126 Å². The Morgan fingerprint density at radius 1 is 0.516 bits per heavy atom. The van der Waals surface area contributed by atoms with Crippen LogP contribution in [-0.2, 0) is 64.1 Å². The largest absolute Gasteiger partial charge is 0.390 e. The van der Waals surface area contributed by atoms with Crippen molar-refractivity contribution < 1.29 is 62.6 Å². The predicted octanol–water partition coefficient (Wildman–Crippen LogP) is 3.83. The number of hydrogen-bond donors (Lipinski definition) is 5. The summed E-state index contributed by atoms with van der Waals surface area (Å²) < 4.78 is 6.26. The lowest BCUT2D eigenvalue weighted by molar-refractivity contribution is -0.157. The van der Waals surface area contributed by atoms with E-state index in [4.69, 9.17) is 4.74 Å². The summed E-state index contributed by atoms with van der Waals surface area (Å²) in [5.41, 5.74) is 0.764. The Labute approximate surface area is 542 Å². The number of benzene rings is 1. The van der Waals surface area contributed by atoms with Crippen LogP contribution in [0.1, 0.15) is 148 Å². The first-order valence-corrected chi connectivity index (χ1v) is 32.3. The van der Waals surface area contributed by atoms with E-state index in [0.717, 1.165) is 20.3 Å². The molecule has 1 heterocycles. The van der Waals surface area contributed by atoms with E-state index in [1.807, 2.05) is 71.9 Å². The fourth-order valence-corrected chi connectivity index (χ4v) is 11.4. The van der Waals surface area contributed by atoms with Gasteiger partial charge < -0.3 is 65.4 Å². The van der Waals surface area contributed by atoms with Crippen molar-refractivity contribution in [2.24, 2.45) is 35.5 Å². The molecule has 1 aliphatic heterocycles. The van der Waals surface area contributed by atoms with Crippen LogP contribution in [0.2, 0.25) is 0 Å². The highest BCUT2D eigenvalue weighted by atomic mass is 16.5. The van der Waals surface area contributed by atoms with Gasteiger partial charge in [0.25, 0.3) is 0 Å². The molecule has 0 unspecified atom stereocenters. The molecule has 0 spiro atoms. The van der Waals surface area contributed by atoms with Crippen molar-refractivity contribution in [1.82, 2.24) is 55.6 Å². The summed E-state index contributed by atoms with van der Waals surface area (Å²) in [6, 6.07) is -3.79. The van der Waals surface area contributed by atoms with Crippen LogP contribution in [-0.4, -0.2) is 233 Å². The van der Waals surface area contributed by atoms with Crippen LogP contribution in [0.25, 0.3) is 0 Å². The van der Waals surface area contributed by atoms with Crippen molar-refractivity contribution in [2.75, 3.05) is 55.9 Å². The van der Waals surface area contributed by atoms with Crippen molar-refractivity contribution >= 4 is 65.0 Å². The number of aliphatic hydroxyl groups excluding tert-OH is 1. The Kier molecular flexibility index (Phi) is 32.5. The topological polar surface area (TPSA) is 288 Å². The van der Waals surface area contributed by atoms with Crippen LogP contribution < -0.4 is 21.3 Å². The van der Waals surface area contributed by atoms with E-state index in [2.05, 4.69) is 21.3 Å². The number of carbonyl (C=O) groups is 11. The van der Waals surface area contributed by atoms with Crippen molar-refractivity contribution in [3.63, 3.8) is 0 Å². The first kappa shape index (κ1) is 80.1. The minimum atomic E-state index is -1.64. The second-order valence-corrected chi connectivity index (χ2v) is 26.9. The highest BCUT2D eigenvalue weighted by molar-refractivity contribution is 5.99. The molecule has 1 saturated heterocycles. The van der Waals surface area contributed by atoms with E-state index in [0.29, 0.717) is 6.42 Å². The van der Waals surface area contributed by atoms with Gasteiger partial charge in [-0.3, -0.25) is 52.7 Å². The van der Waals surface area contributed by atoms with Gasteiger partial charge in [-0.15, -0.1) is 0 Å². The summed E-state index contributed by atoms with van der Waals surface area (Å²) in [6.45, 7) is 27.0. The zero-order chi connectivity index (χ0) is 69.8. The lowest BCUT2D eigenvalue weighted by atomic mass is 9.91. The highest BCUT2D eigenvalue weighted by Crippen LogP contribution is 2.26. The summed E-state index contributed by atoms with van der Waals surface area (Å²) in [6.07, 6.45) is 1.73. The van der Waals surface area contributed by atoms with Gasteiger partial charge in [0, 0.05) is 49.3 Å². The van der Waals surface area contributed by atoms with Gasteiger partial charge in [0.2, 0.25) is 65.0 Å². The van der Waals surface area contributed by atoms with Gasteiger partial charge in [-0.25, -0.2) is 0 Å². The second kappa shape index (κ2) is 36.9. The number of rotatable bonds is 17. The molecule has 1 aromatic carbocycles. The quantitative estimate of drug-likeness (QED) is 0.139. The van der Waals surface area contributed by atoms with Crippen LogP contribution >= 0.6 is 0 Å². The standard InChI is InChI=1S/C67H113N11O13/c1-24-26-30-43(13)57(80)56-61(84)70-48(25-2)63(86)72(17)36-52(79)76(21)55(46(16)91-37-47-31-28-27-29-32-47)60(83)71-53(41(9)10)66(89)73(18)49(33-38(3)4)59(82)68-44(14)58(81)69-45(15)62(85)74(19)50(34-39(5)6)64(87)75(20)51(35-40(7)8)65(88)77(22)54(42(11)12)67(90)78(56)23/h24,26-29,31-32,38-46,48-51,53-57,80H,25,30,33-37H2,1-23H3,(H,68,82)(H,69,81)(H,70,84)(H,71,83)/b26-24+/t43-,44+,45+,46-,48+,49-,50+,51-,53+,54+,55+,56+,57-/m1/s1. The molecule has 24 heteroatoms. The molecule has 514 valence electrons. The monoisotopic (exact) mass is 1280 g/mol. The Morgan fingerprint density at radius 2 is 0.989 bits per heavy atom. The first-order valence-electron chi connectivity index (χ1n) is 32.3. The lowest BCUT2D eigenvalue weighted by Crippen LogP contribution is -2.63. The molecule has 1 fully saturated rings. The SMILES string of the molecule is C/C=C/C[C@@H](C)[C@@H](O)[C@H]1C(=O)N[C@@H](CC)C(=O)N(C)CC(=O)N(C)[C@@H]([C@@H](C)OCc2ccccc2)C(=O)N[C@@H](C(C)C)C(=O)N(C)[C@H](CC(C)C)C(=O)N[C@@H](C)C(=O)N[C@@H](C)C(=O)N(C)[C@@H](CC(C)C)C(=O)N(C)[C@H](CC(C)C)C(=O)N(C)[C@@H](C(C)C)C(=O)N1C. The van der Waals surface area contributed by atoms with Crippen LogP contribution in [0.5, 0.6) is 0 Å².